The van der Waals surface area contributed by atoms with Gasteiger partial charge >= 0.3 is 0 Å². The van der Waals surface area contributed by atoms with Crippen molar-refractivity contribution in [3.63, 3.8) is 0 Å². The van der Waals surface area contributed by atoms with E-state index in [1.165, 1.54) is 10.7 Å². The highest BCUT2D eigenvalue weighted by atomic mass is 35.5. The molecule has 1 aromatic carbocycles. The molecular formula is C19H25ClN8O3. The Balaban J connectivity index is 1.65. The van der Waals surface area contributed by atoms with Gasteiger partial charge in [-0.1, -0.05) is 11.6 Å². The van der Waals surface area contributed by atoms with Crippen LogP contribution in [0.25, 0.3) is 5.65 Å². The number of hydrogen-bond acceptors (Lipinski definition) is 9. The number of halogens is 1. The third-order valence-electron chi connectivity index (χ3n) is 4.62. The lowest BCUT2D eigenvalue weighted by Gasteiger charge is -2.17. The largest absolute Gasteiger partial charge is 0.397 e. The number of amides is 1. The molecule has 1 unspecified atom stereocenters. The van der Waals surface area contributed by atoms with Gasteiger partial charge in [0, 0.05) is 20.2 Å². The average Bonchev–Trinajstić information content (AvgIpc) is 3.18. The van der Waals surface area contributed by atoms with Crippen molar-refractivity contribution in [1.29, 1.82) is 0 Å². The average molecular weight is 449 g/mol. The van der Waals surface area contributed by atoms with E-state index in [9.17, 15) is 9.90 Å². The fraction of sp³-hybridized carbons (Fsp3) is 0.316. The van der Waals surface area contributed by atoms with Crippen LogP contribution in [-0.2, 0) is 11.3 Å². The van der Waals surface area contributed by atoms with Crippen molar-refractivity contribution >= 4 is 45.9 Å². The van der Waals surface area contributed by atoms with Crippen LogP contribution in [0, 0.1) is 0 Å². The Morgan fingerprint density at radius 2 is 2.00 bits per heavy atom. The number of imidazole rings is 1. The molecule has 11 nitrogen and oxygen atoms in total. The van der Waals surface area contributed by atoms with Gasteiger partial charge in [-0.05, 0) is 17.7 Å². The number of nitrogens with two attached hydrogens (primary N) is 2. The molecule has 0 aliphatic heterocycles. The summed E-state index contributed by atoms with van der Waals surface area (Å²) >= 11 is 6.03. The molecule has 2 aromatic heterocycles. The maximum atomic E-state index is 12.7. The number of aromatic nitrogens is 3. The highest BCUT2D eigenvalue weighted by Gasteiger charge is 2.19. The lowest BCUT2D eigenvalue weighted by atomic mass is 10.1. The maximum absolute atomic E-state index is 12.7. The zero-order valence-electron chi connectivity index (χ0n) is 17.1. The molecule has 2 heterocycles. The van der Waals surface area contributed by atoms with Crippen molar-refractivity contribution in [3.8, 4) is 0 Å². The van der Waals surface area contributed by atoms with Gasteiger partial charge in [-0.15, -0.1) is 0 Å². The van der Waals surface area contributed by atoms with Gasteiger partial charge in [-0.25, -0.2) is 9.50 Å². The van der Waals surface area contributed by atoms with Crippen LogP contribution < -0.4 is 27.4 Å². The molecule has 0 fully saturated rings. The van der Waals surface area contributed by atoms with E-state index in [4.69, 9.17) is 27.8 Å². The van der Waals surface area contributed by atoms with Crippen LogP contribution in [0.2, 0.25) is 5.15 Å². The van der Waals surface area contributed by atoms with Gasteiger partial charge in [-0.3, -0.25) is 4.79 Å². The van der Waals surface area contributed by atoms with E-state index in [2.05, 4.69) is 26.0 Å². The van der Waals surface area contributed by atoms with E-state index in [0.29, 0.717) is 28.4 Å². The minimum absolute atomic E-state index is 0.0775. The number of ether oxygens (including phenoxy) is 1. The van der Waals surface area contributed by atoms with Gasteiger partial charge in [-0.2, -0.15) is 5.10 Å². The number of hydrogen-bond donors (Lipinski definition) is 6. The Labute approximate surface area is 183 Å². The molecule has 3 aromatic rings. The molecule has 0 saturated heterocycles. The summed E-state index contributed by atoms with van der Waals surface area (Å²) in [5.41, 5.74) is 15.5. The summed E-state index contributed by atoms with van der Waals surface area (Å²) in [7, 11) is 3.46. The monoisotopic (exact) mass is 448 g/mol. The van der Waals surface area contributed by atoms with E-state index in [0.717, 1.165) is 5.56 Å². The molecule has 1 atom stereocenters. The van der Waals surface area contributed by atoms with Crippen molar-refractivity contribution in [2.75, 3.05) is 49.4 Å². The summed E-state index contributed by atoms with van der Waals surface area (Å²) < 4.78 is 7.00. The molecule has 31 heavy (non-hydrogen) atoms. The molecule has 0 aliphatic carbocycles. The predicted molar refractivity (Wildman–Crippen MR) is 120 cm³/mol. The number of nitrogens with one attached hydrogen (secondary N) is 3. The normalized spacial score (nSPS) is 12.0. The highest BCUT2D eigenvalue weighted by Crippen LogP contribution is 2.27. The zero-order chi connectivity index (χ0) is 22.5. The van der Waals surface area contributed by atoms with Crippen molar-refractivity contribution in [1.82, 2.24) is 19.9 Å². The number of benzene rings is 1. The Hall–Kier alpha value is -3.28. The first-order chi connectivity index (χ1) is 14.9. The highest BCUT2D eigenvalue weighted by molar-refractivity contribution is 6.29. The van der Waals surface area contributed by atoms with Gasteiger partial charge < -0.3 is 37.3 Å². The van der Waals surface area contributed by atoms with Crippen LogP contribution in [-0.4, -0.2) is 59.0 Å². The number of nitrogens with zero attached hydrogens (tertiary/aromatic N) is 3. The lowest BCUT2D eigenvalue weighted by Crippen LogP contribution is -2.41. The Bertz CT molecular complexity index is 1090. The van der Waals surface area contributed by atoms with E-state index in [1.54, 1.807) is 26.2 Å². The fourth-order valence-electron chi connectivity index (χ4n) is 3.02. The summed E-state index contributed by atoms with van der Waals surface area (Å²) in [4.78, 5) is 16.9. The van der Waals surface area contributed by atoms with E-state index in [1.807, 2.05) is 6.07 Å². The molecular weight excluding hydrogens is 424 g/mol. The first-order valence-electron chi connectivity index (χ1n) is 9.45. The quantitative estimate of drug-likeness (QED) is 0.261. The first-order valence-corrected chi connectivity index (χ1v) is 9.82. The summed E-state index contributed by atoms with van der Waals surface area (Å²) in [6, 6.07) is 4.51. The molecule has 166 valence electrons. The van der Waals surface area contributed by atoms with Crippen LogP contribution in [0.3, 0.4) is 0 Å². The van der Waals surface area contributed by atoms with Gasteiger partial charge in [0.05, 0.1) is 54.8 Å². The van der Waals surface area contributed by atoms with E-state index in [-0.39, 0.29) is 30.7 Å². The summed E-state index contributed by atoms with van der Waals surface area (Å²) in [5.74, 6) is -0.471. The minimum Gasteiger partial charge on any atom is -0.397 e. The molecule has 0 aliphatic rings. The lowest BCUT2D eigenvalue weighted by molar-refractivity contribution is 0.0671. The maximum Gasteiger partial charge on any atom is 0.272 e. The van der Waals surface area contributed by atoms with Crippen LogP contribution >= 0.6 is 11.6 Å². The van der Waals surface area contributed by atoms with Crippen molar-refractivity contribution in [3.05, 3.63) is 40.8 Å². The molecule has 0 saturated carbocycles. The van der Waals surface area contributed by atoms with Crippen LogP contribution in [0.1, 0.15) is 16.1 Å². The molecule has 1 amide bonds. The summed E-state index contributed by atoms with van der Waals surface area (Å²) in [5, 5.41) is 22.6. The van der Waals surface area contributed by atoms with Gasteiger partial charge in [0.15, 0.2) is 16.5 Å². The summed E-state index contributed by atoms with van der Waals surface area (Å²) in [6.45, 7) is -0.0119. The molecule has 0 bridgehead atoms. The number of carbonyl (C=O) groups is 1. The van der Waals surface area contributed by atoms with Crippen molar-refractivity contribution < 1.29 is 14.6 Å². The molecule has 0 spiro atoms. The van der Waals surface area contributed by atoms with Gasteiger partial charge in [0.1, 0.15) is 0 Å². The Morgan fingerprint density at radius 1 is 1.26 bits per heavy atom. The number of aliphatic hydroxyl groups excluding tert-OH is 1. The zero-order valence-corrected chi connectivity index (χ0v) is 17.9. The SMILES string of the molecule is CNc1cc(COCC(CO)NC(=O)c2cnc3c(NC)cc(Cl)nn23)cc(N)c1N. The standard InChI is InChI=1S/C19H25ClN8O3/c1-23-13-4-10(3-12(21)17(13)22)8-31-9-11(7-29)26-19(30)15-6-25-18-14(24-2)5-16(20)27-28(15)18/h3-6,11,23-24,29H,7-9,21-22H2,1-2H3,(H,26,30). The van der Waals surface area contributed by atoms with E-state index < -0.39 is 11.9 Å². The Morgan fingerprint density at radius 3 is 2.68 bits per heavy atom. The minimum atomic E-state index is -0.643. The topological polar surface area (TPSA) is 165 Å². The fourth-order valence-corrected chi connectivity index (χ4v) is 3.21. The van der Waals surface area contributed by atoms with Gasteiger partial charge in [0.2, 0.25) is 0 Å². The predicted octanol–water partition coefficient (Wildman–Crippen LogP) is 0.938. The second-order valence-corrected chi connectivity index (χ2v) is 7.16. The Kier molecular flexibility index (Phi) is 7.00. The van der Waals surface area contributed by atoms with Gasteiger partial charge in [0.25, 0.3) is 5.91 Å². The van der Waals surface area contributed by atoms with E-state index >= 15 is 0 Å². The molecule has 0 radical (unpaired) electrons. The number of aliphatic hydroxyl groups is 1. The van der Waals surface area contributed by atoms with Crippen molar-refractivity contribution in [2.24, 2.45) is 0 Å². The number of rotatable bonds is 9. The molecule has 8 N–H and O–H groups in total. The first kappa shape index (κ1) is 22.4. The number of carbonyl (C=O) groups excluding carboxylic acids is 1. The van der Waals surface area contributed by atoms with Crippen LogP contribution in [0.5, 0.6) is 0 Å². The second kappa shape index (κ2) is 9.69. The number of fused-ring (bicyclic) bond motifs is 1. The second-order valence-electron chi connectivity index (χ2n) is 6.77. The third kappa shape index (κ3) is 4.90. The molecule has 12 heteroatoms. The smallest absolute Gasteiger partial charge is 0.272 e. The van der Waals surface area contributed by atoms with Crippen LogP contribution in [0.4, 0.5) is 22.7 Å². The number of nitrogen functional groups attached to an aromatic ring is 2. The van der Waals surface area contributed by atoms with Crippen LogP contribution in [0.15, 0.2) is 24.4 Å². The molecule has 3 rings (SSSR count). The number of anilines is 4. The summed E-state index contributed by atoms with van der Waals surface area (Å²) in [6.07, 6.45) is 1.39. The van der Waals surface area contributed by atoms with Crippen molar-refractivity contribution in [2.45, 2.75) is 12.6 Å². The third-order valence-corrected chi connectivity index (χ3v) is 4.81.